The summed E-state index contributed by atoms with van der Waals surface area (Å²) in [4.78, 5) is 17.1. The molecule has 2 aromatic rings. The predicted molar refractivity (Wildman–Crippen MR) is 85.9 cm³/mol. The summed E-state index contributed by atoms with van der Waals surface area (Å²) in [6.07, 6.45) is -3.00. The summed E-state index contributed by atoms with van der Waals surface area (Å²) in [5.74, 6) is -4.31. The molecule has 8 heteroatoms. The van der Waals surface area contributed by atoms with E-state index in [9.17, 15) is 23.1 Å². The number of halogens is 3. The van der Waals surface area contributed by atoms with Crippen molar-refractivity contribution in [1.29, 1.82) is 0 Å². The minimum absolute atomic E-state index is 0.198. The van der Waals surface area contributed by atoms with Crippen molar-refractivity contribution in [2.75, 3.05) is 25.1 Å². The van der Waals surface area contributed by atoms with Crippen molar-refractivity contribution in [2.45, 2.75) is 13.1 Å². The Hall–Kier alpha value is -2.51. The van der Waals surface area contributed by atoms with Crippen LogP contribution in [0.1, 0.15) is 5.56 Å². The molecule has 1 saturated heterocycles. The number of carboxylic acids is 1. The molecule has 5 nitrogen and oxygen atoms in total. The summed E-state index contributed by atoms with van der Waals surface area (Å²) in [5.41, 5.74) is 1.79. The van der Waals surface area contributed by atoms with E-state index in [0.717, 1.165) is 0 Å². The maximum atomic E-state index is 13.3. The third kappa shape index (κ3) is 2.96. The molecule has 0 aliphatic carbocycles. The maximum Gasteiger partial charge on any atom is 0.394 e. The molecule has 134 valence electrons. The lowest BCUT2D eigenvalue weighted by Crippen LogP contribution is -2.33. The fraction of sp³-hybridized carbons (Fsp3) is 0.412. The lowest BCUT2D eigenvalue weighted by molar-refractivity contribution is -0.187. The van der Waals surface area contributed by atoms with E-state index in [0.29, 0.717) is 27.9 Å². The molecule has 0 radical (unpaired) electrons. The van der Waals surface area contributed by atoms with E-state index in [1.165, 1.54) is 12.0 Å². The number of fused-ring (bicyclic) bond motifs is 1. The Morgan fingerprint density at radius 1 is 1.36 bits per heavy atom. The van der Waals surface area contributed by atoms with Gasteiger partial charge in [0.2, 0.25) is 0 Å². The lowest BCUT2D eigenvalue weighted by atomic mass is 9.96. The second-order valence-electron chi connectivity index (χ2n) is 6.14. The van der Waals surface area contributed by atoms with Gasteiger partial charge in [-0.15, -0.1) is 0 Å². The molecule has 1 N–H and O–H groups in total. The van der Waals surface area contributed by atoms with Crippen molar-refractivity contribution in [3.63, 3.8) is 0 Å². The standard InChI is InChI=1S/C17H17F3N2O3/c1-9-6-21-14-10(4-3-5-13(14)25-2)15(9)22-7-11(16(23)24)12(8-22)17(18,19)20/h3-6,11-12H,7-8H2,1-2H3,(H,23,24)/t11-,12-/m1/s1. The highest BCUT2D eigenvalue weighted by Gasteiger charge is 2.53. The molecular weight excluding hydrogens is 337 g/mol. The van der Waals surface area contributed by atoms with Gasteiger partial charge in [-0.2, -0.15) is 13.2 Å². The highest BCUT2D eigenvalue weighted by molar-refractivity contribution is 5.97. The van der Waals surface area contributed by atoms with Crippen LogP contribution < -0.4 is 9.64 Å². The average molecular weight is 354 g/mol. The van der Waals surface area contributed by atoms with Gasteiger partial charge >= 0.3 is 12.1 Å². The molecule has 1 aliphatic heterocycles. The molecule has 0 unspecified atom stereocenters. The number of pyridine rings is 1. The number of carbonyl (C=O) groups is 1. The number of anilines is 1. The summed E-state index contributed by atoms with van der Waals surface area (Å²) in [5, 5.41) is 9.86. The molecule has 1 fully saturated rings. The van der Waals surface area contributed by atoms with Crippen LogP contribution in [0.2, 0.25) is 0 Å². The van der Waals surface area contributed by atoms with Crippen LogP contribution in [0.15, 0.2) is 24.4 Å². The minimum atomic E-state index is -4.56. The number of hydrogen-bond acceptors (Lipinski definition) is 4. The monoisotopic (exact) mass is 354 g/mol. The Labute approximate surface area is 142 Å². The molecular formula is C17H17F3N2O3. The molecule has 2 atom stereocenters. The Morgan fingerprint density at radius 2 is 2.08 bits per heavy atom. The molecule has 1 aromatic heterocycles. The first-order chi connectivity index (χ1) is 11.7. The van der Waals surface area contributed by atoms with Crippen LogP contribution in [0, 0.1) is 18.8 Å². The number of aryl methyl sites for hydroxylation is 1. The first-order valence-corrected chi connectivity index (χ1v) is 7.70. The van der Waals surface area contributed by atoms with E-state index in [1.807, 2.05) is 0 Å². The van der Waals surface area contributed by atoms with Crippen molar-refractivity contribution >= 4 is 22.6 Å². The molecule has 0 bridgehead atoms. The van der Waals surface area contributed by atoms with Crippen molar-refractivity contribution < 1.29 is 27.8 Å². The SMILES string of the molecule is COc1cccc2c(N3C[C@@H](C(F)(F)F)[C@H](C(=O)O)C3)c(C)cnc12. The van der Waals surface area contributed by atoms with Gasteiger partial charge in [-0.1, -0.05) is 12.1 Å². The van der Waals surface area contributed by atoms with Crippen LogP contribution in [0.3, 0.4) is 0 Å². The van der Waals surface area contributed by atoms with Gasteiger partial charge in [0.25, 0.3) is 0 Å². The second-order valence-corrected chi connectivity index (χ2v) is 6.14. The zero-order chi connectivity index (χ0) is 18.4. The van der Waals surface area contributed by atoms with E-state index in [4.69, 9.17) is 4.74 Å². The summed E-state index contributed by atoms with van der Waals surface area (Å²) in [6, 6.07) is 5.21. The van der Waals surface area contributed by atoms with Crippen molar-refractivity contribution in [2.24, 2.45) is 11.8 Å². The largest absolute Gasteiger partial charge is 0.494 e. The van der Waals surface area contributed by atoms with Gasteiger partial charge in [-0.3, -0.25) is 9.78 Å². The van der Waals surface area contributed by atoms with Gasteiger partial charge in [0.1, 0.15) is 11.3 Å². The van der Waals surface area contributed by atoms with E-state index >= 15 is 0 Å². The topological polar surface area (TPSA) is 62.7 Å². The maximum absolute atomic E-state index is 13.3. The normalized spacial score (nSPS) is 20.9. The van der Waals surface area contributed by atoms with E-state index < -0.39 is 30.5 Å². The van der Waals surface area contributed by atoms with Crippen molar-refractivity contribution in [3.05, 3.63) is 30.0 Å². The van der Waals surface area contributed by atoms with Crippen LogP contribution in [0.4, 0.5) is 18.9 Å². The first-order valence-electron chi connectivity index (χ1n) is 7.70. The fourth-order valence-corrected chi connectivity index (χ4v) is 3.43. The highest BCUT2D eigenvalue weighted by Crippen LogP contribution is 2.42. The van der Waals surface area contributed by atoms with Gasteiger partial charge in [-0.05, 0) is 18.6 Å². The van der Waals surface area contributed by atoms with Gasteiger partial charge in [0, 0.05) is 24.7 Å². The van der Waals surface area contributed by atoms with E-state index in [2.05, 4.69) is 4.98 Å². The number of ether oxygens (including phenoxy) is 1. The quantitative estimate of drug-likeness (QED) is 0.917. The van der Waals surface area contributed by atoms with E-state index in [1.54, 1.807) is 31.3 Å². The molecule has 0 spiro atoms. The smallest absolute Gasteiger partial charge is 0.394 e. The number of nitrogens with zero attached hydrogens (tertiary/aromatic N) is 2. The predicted octanol–water partition coefficient (Wildman–Crippen LogP) is 3.25. The van der Waals surface area contributed by atoms with E-state index in [-0.39, 0.29) is 6.54 Å². The molecule has 0 saturated carbocycles. The summed E-state index contributed by atoms with van der Waals surface area (Å²) < 4.78 is 45.1. The zero-order valence-electron chi connectivity index (χ0n) is 13.7. The minimum Gasteiger partial charge on any atom is -0.494 e. The molecule has 1 aliphatic rings. The van der Waals surface area contributed by atoms with Gasteiger partial charge < -0.3 is 14.7 Å². The Kier molecular flexibility index (Phi) is 4.22. The number of hydrogen-bond donors (Lipinski definition) is 1. The molecule has 0 amide bonds. The number of benzene rings is 1. The zero-order valence-corrected chi connectivity index (χ0v) is 13.7. The number of rotatable bonds is 3. The van der Waals surface area contributed by atoms with Gasteiger partial charge in [-0.25, -0.2) is 0 Å². The first kappa shape index (κ1) is 17.3. The second kappa shape index (κ2) is 6.09. The van der Waals surface area contributed by atoms with Crippen LogP contribution in [-0.4, -0.2) is 42.4 Å². The Bertz CT molecular complexity index is 823. The van der Waals surface area contributed by atoms with Crippen LogP contribution >= 0.6 is 0 Å². The highest BCUT2D eigenvalue weighted by atomic mass is 19.4. The third-order valence-electron chi connectivity index (χ3n) is 4.61. The number of aliphatic carboxylic acids is 1. The van der Waals surface area contributed by atoms with Crippen LogP contribution in [-0.2, 0) is 4.79 Å². The molecule has 3 rings (SSSR count). The summed E-state index contributed by atoms with van der Waals surface area (Å²) >= 11 is 0. The lowest BCUT2D eigenvalue weighted by Gasteiger charge is -2.23. The summed E-state index contributed by atoms with van der Waals surface area (Å²) in [7, 11) is 1.49. The summed E-state index contributed by atoms with van der Waals surface area (Å²) in [6.45, 7) is 1.16. The number of para-hydroxylation sites is 1. The van der Waals surface area contributed by atoms with Crippen molar-refractivity contribution in [3.8, 4) is 5.75 Å². The Morgan fingerprint density at radius 3 is 2.64 bits per heavy atom. The number of alkyl halides is 3. The van der Waals surface area contributed by atoms with Crippen LogP contribution in [0.25, 0.3) is 10.9 Å². The van der Waals surface area contributed by atoms with Gasteiger partial charge in [0.05, 0.1) is 24.6 Å². The number of carboxylic acid groups (broad SMARTS) is 1. The van der Waals surface area contributed by atoms with Gasteiger partial charge in [0.15, 0.2) is 0 Å². The average Bonchev–Trinajstić information content (AvgIpc) is 2.99. The molecule has 25 heavy (non-hydrogen) atoms. The fourth-order valence-electron chi connectivity index (χ4n) is 3.43. The van der Waals surface area contributed by atoms with Crippen LogP contribution in [0.5, 0.6) is 5.75 Å². The Balaban J connectivity index is 2.11. The third-order valence-corrected chi connectivity index (χ3v) is 4.61. The number of methoxy groups -OCH3 is 1. The van der Waals surface area contributed by atoms with Crippen molar-refractivity contribution in [1.82, 2.24) is 4.98 Å². The number of aromatic nitrogens is 1. The molecule has 1 aromatic carbocycles. The molecule has 2 heterocycles.